The van der Waals surface area contributed by atoms with Crippen LogP contribution >= 0.6 is 0 Å². The standard InChI is InChI=1S/C17H16FN3O3/c1-21-6-5-10(9-21)16(22)20-14(17(23)24)7-11-8-19-13-4-2-3-12(18)15(11)13/h2-6,8-9,14,19H,7H2,1H3,(H,20,22)(H,23,24). The highest BCUT2D eigenvalue weighted by Gasteiger charge is 2.23. The number of H-pyrrole nitrogens is 1. The fourth-order valence-electron chi connectivity index (χ4n) is 2.67. The van der Waals surface area contributed by atoms with Crippen molar-refractivity contribution in [2.24, 2.45) is 7.05 Å². The summed E-state index contributed by atoms with van der Waals surface area (Å²) in [5.41, 5.74) is 1.46. The summed E-state index contributed by atoms with van der Waals surface area (Å²) >= 11 is 0. The minimum absolute atomic E-state index is 0.0190. The molecule has 1 atom stereocenters. The van der Waals surface area contributed by atoms with Crippen molar-refractivity contribution < 1.29 is 19.1 Å². The molecule has 2 heterocycles. The molecule has 3 rings (SSSR count). The normalized spacial score (nSPS) is 12.2. The second kappa shape index (κ2) is 6.19. The number of aryl methyl sites for hydroxylation is 1. The molecule has 0 saturated heterocycles. The smallest absolute Gasteiger partial charge is 0.326 e. The van der Waals surface area contributed by atoms with Crippen LogP contribution in [-0.4, -0.2) is 32.6 Å². The topological polar surface area (TPSA) is 87.1 Å². The van der Waals surface area contributed by atoms with Crippen LogP contribution in [0.1, 0.15) is 15.9 Å². The molecule has 0 aliphatic carbocycles. The molecule has 0 saturated carbocycles. The first-order valence-electron chi connectivity index (χ1n) is 7.36. The van der Waals surface area contributed by atoms with Gasteiger partial charge >= 0.3 is 5.97 Å². The molecule has 0 aliphatic rings. The van der Waals surface area contributed by atoms with Crippen molar-refractivity contribution in [3.05, 3.63) is 59.8 Å². The van der Waals surface area contributed by atoms with Crippen molar-refractivity contribution in [2.45, 2.75) is 12.5 Å². The number of aliphatic carboxylic acids is 1. The third-order valence-electron chi connectivity index (χ3n) is 3.86. The molecule has 1 amide bonds. The van der Waals surface area contributed by atoms with Gasteiger partial charge in [0.1, 0.15) is 11.9 Å². The van der Waals surface area contributed by atoms with E-state index in [0.29, 0.717) is 22.0 Å². The average molecular weight is 329 g/mol. The van der Waals surface area contributed by atoms with Crippen LogP contribution in [0, 0.1) is 5.82 Å². The fraction of sp³-hybridized carbons (Fsp3) is 0.176. The monoisotopic (exact) mass is 329 g/mol. The molecule has 124 valence electrons. The van der Waals surface area contributed by atoms with Gasteiger partial charge in [0.15, 0.2) is 0 Å². The fourth-order valence-corrected chi connectivity index (χ4v) is 2.67. The first-order valence-corrected chi connectivity index (χ1v) is 7.36. The van der Waals surface area contributed by atoms with E-state index in [9.17, 15) is 19.1 Å². The molecular weight excluding hydrogens is 313 g/mol. The average Bonchev–Trinajstić information content (AvgIpc) is 3.14. The first kappa shape index (κ1) is 15.8. The SMILES string of the molecule is Cn1ccc(C(=O)NC(Cc2c[nH]c3cccc(F)c23)C(=O)O)c1. The highest BCUT2D eigenvalue weighted by molar-refractivity contribution is 5.96. The van der Waals surface area contributed by atoms with Crippen LogP contribution in [0.3, 0.4) is 0 Å². The van der Waals surface area contributed by atoms with E-state index in [0.717, 1.165) is 0 Å². The van der Waals surface area contributed by atoms with E-state index in [-0.39, 0.29) is 6.42 Å². The molecule has 24 heavy (non-hydrogen) atoms. The van der Waals surface area contributed by atoms with Crippen LogP contribution < -0.4 is 5.32 Å². The molecule has 2 aromatic heterocycles. The highest BCUT2D eigenvalue weighted by atomic mass is 19.1. The number of carbonyl (C=O) groups is 2. The molecule has 0 aliphatic heterocycles. The Bertz CT molecular complexity index is 913. The summed E-state index contributed by atoms with van der Waals surface area (Å²) < 4.78 is 15.7. The summed E-state index contributed by atoms with van der Waals surface area (Å²) in [6.45, 7) is 0. The quantitative estimate of drug-likeness (QED) is 0.670. The van der Waals surface area contributed by atoms with Crippen molar-refractivity contribution in [1.29, 1.82) is 0 Å². The number of benzene rings is 1. The molecular formula is C17H16FN3O3. The predicted octanol–water partition coefficient (Wildman–Crippen LogP) is 2.07. The zero-order valence-corrected chi connectivity index (χ0v) is 12.9. The van der Waals surface area contributed by atoms with Crippen LogP contribution in [0.4, 0.5) is 4.39 Å². The lowest BCUT2D eigenvalue weighted by Gasteiger charge is -2.14. The Morgan fingerprint density at radius 2 is 2.17 bits per heavy atom. The molecule has 6 nitrogen and oxygen atoms in total. The van der Waals surface area contributed by atoms with Crippen LogP contribution in [0.25, 0.3) is 10.9 Å². The van der Waals surface area contributed by atoms with E-state index in [2.05, 4.69) is 10.3 Å². The van der Waals surface area contributed by atoms with Crippen LogP contribution in [-0.2, 0) is 18.3 Å². The van der Waals surface area contributed by atoms with E-state index >= 15 is 0 Å². The predicted molar refractivity (Wildman–Crippen MR) is 86.3 cm³/mol. The maximum Gasteiger partial charge on any atom is 0.326 e. The molecule has 7 heteroatoms. The number of carboxylic acid groups (broad SMARTS) is 1. The Morgan fingerprint density at radius 1 is 1.38 bits per heavy atom. The van der Waals surface area contributed by atoms with E-state index in [1.54, 1.807) is 48.4 Å². The third-order valence-corrected chi connectivity index (χ3v) is 3.86. The Labute approximate surface area is 136 Å². The van der Waals surface area contributed by atoms with Gasteiger partial charge in [0.05, 0.1) is 5.56 Å². The number of hydrogen-bond donors (Lipinski definition) is 3. The summed E-state index contributed by atoms with van der Waals surface area (Å²) in [6.07, 6.45) is 4.84. The number of amides is 1. The summed E-state index contributed by atoms with van der Waals surface area (Å²) in [4.78, 5) is 26.6. The van der Waals surface area contributed by atoms with Crippen LogP contribution in [0.15, 0.2) is 42.9 Å². The number of aromatic amines is 1. The minimum atomic E-state index is -1.18. The number of carbonyl (C=O) groups excluding carboxylic acids is 1. The number of rotatable bonds is 5. The van der Waals surface area contributed by atoms with Gasteiger partial charge < -0.3 is 20.0 Å². The second-order valence-corrected chi connectivity index (χ2v) is 5.61. The van der Waals surface area contributed by atoms with Gasteiger partial charge in [0, 0.05) is 43.0 Å². The molecule has 3 aromatic rings. The van der Waals surface area contributed by atoms with E-state index in [4.69, 9.17) is 0 Å². The van der Waals surface area contributed by atoms with Crippen molar-refractivity contribution in [1.82, 2.24) is 14.9 Å². The lowest BCUT2D eigenvalue weighted by Crippen LogP contribution is -2.42. The van der Waals surface area contributed by atoms with E-state index in [1.165, 1.54) is 6.07 Å². The Kier molecular flexibility index (Phi) is 4.07. The van der Waals surface area contributed by atoms with Gasteiger partial charge in [0.25, 0.3) is 5.91 Å². The second-order valence-electron chi connectivity index (χ2n) is 5.61. The van der Waals surface area contributed by atoms with E-state index in [1.807, 2.05) is 0 Å². The zero-order chi connectivity index (χ0) is 17.3. The molecule has 0 fully saturated rings. The lowest BCUT2D eigenvalue weighted by atomic mass is 10.0. The number of carboxylic acids is 1. The maximum absolute atomic E-state index is 14.0. The van der Waals surface area contributed by atoms with Crippen LogP contribution in [0.5, 0.6) is 0 Å². The largest absolute Gasteiger partial charge is 0.480 e. The van der Waals surface area contributed by atoms with Crippen molar-refractivity contribution in [2.75, 3.05) is 0 Å². The number of fused-ring (bicyclic) bond motifs is 1. The summed E-state index contributed by atoms with van der Waals surface area (Å²) in [6, 6.07) is 5.04. The van der Waals surface area contributed by atoms with Gasteiger partial charge in [0.2, 0.25) is 0 Å². The van der Waals surface area contributed by atoms with Gasteiger partial charge in [-0.1, -0.05) is 6.07 Å². The van der Waals surface area contributed by atoms with Gasteiger partial charge in [-0.3, -0.25) is 4.79 Å². The third kappa shape index (κ3) is 3.01. The number of aromatic nitrogens is 2. The Hall–Kier alpha value is -3.09. The Balaban J connectivity index is 1.83. The van der Waals surface area contributed by atoms with Gasteiger partial charge in [-0.25, -0.2) is 9.18 Å². The van der Waals surface area contributed by atoms with Crippen LogP contribution in [0.2, 0.25) is 0 Å². The number of hydrogen-bond acceptors (Lipinski definition) is 2. The van der Waals surface area contributed by atoms with Gasteiger partial charge in [-0.2, -0.15) is 0 Å². The van der Waals surface area contributed by atoms with E-state index < -0.39 is 23.7 Å². The minimum Gasteiger partial charge on any atom is -0.480 e. The number of nitrogens with zero attached hydrogens (tertiary/aromatic N) is 1. The zero-order valence-electron chi connectivity index (χ0n) is 12.9. The molecule has 0 radical (unpaired) electrons. The van der Waals surface area contributed by atoms with Crippen molar-refractivity contribution in [3.63, 3.8) is 0 Å². The summed E-state index contributed by atoms with van der Waals surface area (Å²) in [5.74, 6) is -2.09. The first-order chi connectivity index (χ1) is 11.5. The Morgan fingerprint density at radius 3 is 2.83 bits per heavy atom. The number of nitrogens with one attached hydrogen (secondary N) is 2. The van der Waals surface area contributed by atoms with Crippen molar-refractivity contribution >= 4 is 22.8 Å². The molecule has 3 N–H and O–H groups in total. The summed E-state index contributed by atoms with van der Waals surface area (Å²) in [5, 5.41) is 12.2. The molecule has 0 bridgehead atoms. The van der Waals surface area contributed by atoms with Gasteiger partial charge in [-0.15, -0.1) is 0 Å². The van der Waals surface area contributed by atoms with Crippen molar-refractivity contribution in [3.8, 4) is 0 Å². The lowest BCUT2D eigenvalue weighted by molar-refractivity contribution is -0.139. The molecule has 1 unspecified atom stereocenters. The van der Waals surface area contributed by atoms with Gasteiger partial charge in [-0.05, 0) is 23.8 Å². The molecule has 0 spiro atoms. The maximum atomic E-state index is 14.0. The highest BCUT2D eigenvalue weighted by Crippen LogP contribution is 2.22. The number of halogens is 1. The molecule has 1 aromatic carbocycles. The summed E-state index contributed by atoms with van der Waals surface area (Å²) in [7, 11) is 1.76.